The molecule has 0 aliphatic carbocycles. The molecule has 0 atom stereocenters. The van der Waals surface area contributed by atoms with E-state index in [0.29, 0.717) is 0 Å². The van der Waals surface area contributed by atoms with Crippen LogP contribution in [0.4, 0.5) is 5.69 Å². The standard InChI is InChI=1S/C13H18N4O/c1-13(2,3)14-8-12(18)16-10-5-4-6-11-9(10)7-15-17-11/h4-7,14H,8H2,1-3H3,(H,15,17)(H,16,18). The molecule has 0 fully saturated rings. The van der Waals surface area contributed by atoms with E-state index in [9.17, 15) is 4.79 Å². The second-order valence-corrected chi connectivity index (χ2v) is 5.29. The molecule has 1 aromatic carbocycles. The fraction of sp³-hybridized carbons (Fsp3) is 0.385. The minimum Gasteiger partial charge on any atom is -0.324 e. The Morgan fingerprint density at radius 1 is 1.39 bits per heavy atom. The highest BCUT2D eigenvalue weighted by Gasteiger charge is 2.12. The molecular weight excluding hydrogens is 228 g/mol. The lowest BCUT2D eigenvalue weighted by Crippen LogP contribution is -2.41. The molecule has 1 amide bonds. The van der Waals surface area contributed by atoms with Crippen LogP contribution in [-0.4, -0.2) is 28.2 Å². The van der Waals surface area contributed by atoms with Crippen molar-refractivity contribution in [2.75, 3.05) is 11.9 Å². The Morgan fingerprint density at radius 3 is 2.89 bits per heavy atom. The number of H-pyrrole nitrogens is 1. The monoisotopic (exact) mass is 246 g/mol. The maximum absolute atomic E-state index is 11.8. The van der Waals surface area contributed by atoms with Gasteiger partial charge in [-0.05, 0) is 32.9 Å². The highest BCUT2D eigenvalue weighted by molar-refractivity contribution is 6.01. The molecule has 18 heavy (non-hydrogen) atoms. The minimum atomic E-state index is -0.0704. The predicted molar refractivity (Wildman–Crippen MR) is 72.5 cm³/mol. The lowest BCUT2D eigenvalue weighted by molar-refractivity contribution is -0.115. The van der Waals surface area contributed by atoms with Crippen molar-refractivity contribution in [3.05, 3.63) is 24.4 Å². The predicted octanol–water partition coefficient (Wildman–Crippen LogP) is 1.89. The summed E-state index contributed by atoms with van der Waals surface area (Å²) < 4.78 is 0. The summed E-state index contributed by atoms with van der Waals surface area (Å²) in [6.07, 6.45) is 1.71. The van der Waals surface area contributed by atoms with Gasteiger partial charge in [-0.1, -0.05) is 6.07 Å². The number of rotatable bonds is 3. The third-order valence-corrected chi connectivity index (χ3v) is 2.54. The molecule has 0 saturated heterocycles. The smallest absolute Gasteiger partial charge is 0.238 e. The molecule has 3 N–H and O–H groups in total. The van der Waals surface area contributed by atoms with Crippen LogP contribution in [0.5, 0.6) is 0 Å². The van der Waals surface area contributed by atoms with Crippen LogP contribution in [0.25, 0.3) is 10.9 Å². The van der Waals surface area contributed by atoms with Crippen LogP contribution in [0.3, 0.4) is 0 Å². The number of amides is 1. The zero-order valence-corrected chi connectivity index (χ0v) is 10.9. The number of fused-ring (bicyclic) bond motifs is 1. The van der Waals surface area contributed by atoms with Crippen LogP contribution in [0.2, 0.25) is 0 Å². The van der Waals surface area contributed by atoms with Crippen molar-refractivity contribution in [3.63, 3.8) is 0 Å². The second-order valence-electron chi connectivity index (χ2n) is 5.29. The summed E-state index contributed by atoms with van der Waals surface area (Å²) in [5.41, 5.74) is 1.62. The number of hydrogen-bond acceptors (Lipinski definition) is 3. The number of aromatic amines is 1. The number of nitrogens with zero attached hydrogens (tertiary/aromatic N) is 1. The van der Waals surface area contributed by atoms with Crippen LogP contribution in [0.15, 0.2) is 24.4 Å². The highest BCUT2D eigenvalue weighted by Crippen LogP contribution is 2.20. The van der Waals surface area contributed by atoms with Crippen LogP contribution in [0.1, 0.15) is 20.8 Å². The van der Waals surface area contributed by atoms with Gasteiger partial charge < -0.3 is 10.6 Å². The molecule has 0 radical (unpaired) electrons. The van der Waals surface area contributed by atoms with E-state index in [4.69, 9.17) is 0 Å². The van der Waals surface area contributed by atoms with E-state index in [-0.39, 0.29) is 18.0 Å². The van der Waals surface area contributed by atoms with Crippen LogP contribution < -0.4 is 10.6 Å². The Bertz CT molecular complexity index is 553. The van der Waals surface area contributed by atoms with Gasteiger partial charge in [-0.25, -0.2) is 0 Å². The maximum atomic E-state index is 11.8. The summed E-state index contributed by atoms with van der Waals surface area (Å²) in [4.78, 5) is 11.8. The van der Waals surface area contributed by atoms with Gasteiger partial charge in [0.1, 0.15) is 0 Å². The SMILES string of the molecule is CC(C)(C)NCC(=O)Nc1cccc2[nH]ncc12. The van der Waals surface area contributed by atoms with Crippen molar-refractivity contribution in [3.8, 4) is 0 Å². The molecule has 0 aliphatic rings. The van der Waals surface area contributed by atoms with Gasteiger partial charge in [-0.3, -0.25) is 9.89 Å². The average Bonchev–Trinajstić information content (AvgIpc) is 2.74. The first-order chi connectivity index (χ1) is 8.46. The van der Waals surface area contributed by atoms with E-state index in [1.807, 2.05) is 39.0 Å². The molecule has 0 unspecified atom stereocenters. The third kappa shape index (κ3) is 3.07. The second kappa shape index (κ2) is 4.78. The lowest BCUT2D eigenvalue weighted by atomic mass is 10.1. The number of carbonyl (C=O) groups excluding carboxylic acids is 1. The van der Waals surface area contributed by atoms with Gasteiger partial charge in [0.2, 0.25) is 5.91 Å². The molecule has 0 aliphatic heterocycles. The number of aromatic nitrogens is 2. The zero-order valence-electron chi connectivity index (χ0n) is 10.9. The van der Waals surface area contributed by atoms with E-state index < -0.39 is 0 Å². The van der Waals surface area contributed by atoms with Gasteiger partial charge in [0.15, 0.2) is 0 Å². The molecular formula is C13H18N4O. The quantitative estimate of drug-likeness (QED) is 0.774. The molecule has 1 heterocycles. The number of hydrogen-bond donors (Lipinski definition) is 3. The summed E-state index contributed by atoms with van der Waals surface area (Å²) in [6, 6.07) is 5.67. The molecule has 0 bridgehead atoms. The maximum Gasteiger partial charge on any atom is 0.238 e. The summed E-state index contributed by atoms with van der Waals surface area (Å²) >= 11 is 0. The number of anilines is 1. The Hall–Kier alpha value is -1.88. The van der Waals surface area contributed by atoms with Crippen molar-refractivity contribution in [1.82, 2.24) is 15.5 Å². The van der Waals surface area contributed by atoms with Crippen molar-refractivity contribution in [2.45, 2.75) is 26.3 Å². The number of benzene rings is 1. The minimum absolute atomic E-state index is 0.0568. The summed E-state index contributed by atoms with van der Waals surface area (Å²) in [6.45, 7) is 6.36. The van der Waals surface area contributed by atoms with Crippen molar-refractivity contribution in [2.24, 2.45) is 0 Å². The average molecular weight is 246 g/mol. The van der Waals surface area contributed by atoms with Gasteiger partial charge in [-0.15, -0.1) is 0 Å². The first kappa shape index (κ1) is 12.6. The van der Waals surface area contributed by atoms with E-state index >= 15 is 0 Å². The molecule has 96 valence electrons. The first-order valence-corrected chi connectivity index (χ1v) is 5.93. The third-order valence-electron chi connectivity index (χ3n) is 2.54. The summed E-state index contributed by atoms with van der Waals surface area (Å²) in [5.74, 6) is -0.0568. The summed E-state index contributed by atoms with van der Waals surface area (Å²) in [5, 5.41) is 13.8. The van der Waals surface area contributed by atoms with Crippen molar-refractivity contribution in [1.29, 1.82) is 0 Å². The van der Waals surface area contributed by atoms with Crippen molar-refractivity contribution >= 4 is 22.5 Å². The normalized spacial score (nSPS) is 11.7. The molecule has 0 spiro atoms. The van der Waals surface area contributed by atoms with Gasteiger partial charge in [-0.2, -0.15) is 5.10 Å². The van der Waals surface area contributed by atoms with E-state index in [1.165, 1.54) is 0 Å². The fourth-order valence-electron chi connectivity index (χ4n) is 1.62. The zero-order chi connectivity index (χ0) is 13.2. The molecule has 2 rings (SSSR count). The summed E-state index contributed by atoms with van der Waals surface area (Å²) in [7, 11) is 0. The van der Waals surface area contributed by atoms with Gasteiger partial charge in [0.25, 0.3) is 0 Å². The van der Waals surface area contributed by atoms with Crippen LogP contribution in [0, 0.1) is 0 Å². The molecule has 5 nitrogen and oxygen atoms in total. The molecule has 1 aromatic heterocycles. The largest absolute Gasteiger partial charge is 0.324 e. The molecule has 2 aromatic rings. The lowest BCUT2D eigenvalue weighted by Gasteiger charge is -2.20. The highest BCUT2D eigenvalue weighted by atomic mass is 16.1. The topological polar surface area (TPSA) is 69.8 Å². The Morgan fingerprint density at radius 2 is 2.17 bits per heavy atom. The van der Waals surface area contributed by atoms with Crippen molar-refractivity contribution < 1.29 is 4.79 Å². The van der Waals surface area contributed by atoms with Gasteiger partial charge >= 0.3 is 0 Å². The molecule has 0 saturated carbocycles. The number of carbonyl (C=O) groups is 1. The Labute approximate surface area is 106 Å². The van der Waals surface area contributed by atoms with E-state index in [1.54, 1.807) is 6.20 Å². The first-order valence-electron chi connectivity index (χ1n) is 5.93. The fourth-order valence-corrected chi connectivity index (χ4v) is 1.62. The number of nitrogens with one attached hydrogen (secondary N) is 3. The van der Waals surface area contributed by atoms with Gasteiger partial charge in [0, 0.05) is 10.9 Å². The molecule has 5 heteroatoms. The van der Waals surface area contributed by atoms with Gasteiger partial charge in [0.05, 0.1) is 23.9 Å². The van der Waals surface area contributed by atoms with E-state index in [2.05, 4.69) is 20.8 Å². The van der Waals surface area contributed by atoms with Crippen LogP contribution in [-0.2, 0) is 4.79 Å². The Kier molecular flexibility index (Phi) is 3.34. The van der Waals surface area contributed by atoms with E-state index in [0.717, 1.165) is 16.6 Å². The Balaban J connectivity index is 2.05. The van der Waals surface area contributed by atoms with Crippen LogP contribution >= 0.6 is 0 Å².